The number of hydrogen-bond donors (Lipinski definition) is 3. The summed E-state index contributed by atoms with van der Waals surface area (Å²) in [6.45, 7) is 6.90. The first-order valence-corrected chi connectivity index (χ1v) is 11.7. The van der Waals surface area contributed by atoms with Crippen LogP contribution >= 0.6 is 0 Å². The van der Waals surface area contributed by atoms with Gasteiger partial charge in [0, 0.05) is 6.42 Å². The first kappa shape index (κ1) is 20.8. The quantitative estimate of drug-likeness (QED) is 0.639. The van der Waals surface area contributed by atoms with Crippen LogP contribution in [0.15, 0.2) is 0 Å². The summed E-state index contributed by atoms with van der Waals surface area (Å²) in [6.07, 6.45) is 8.11. The molecule has 4 heteroatoms. The molecule has 4 aliphatic rings. The molecule has 4 nitrogen and oxygen atoms in total. The van der Waals surface area contributed by atoms with E-state index in [1.54, 1.807) is 0 Å². The Kier molecular flexibility index (Phi) is 5.46. The number of fused-ring (bicyclic) bond motifs is 5. The van der Waals surface area contributed by atoms with Crippen LogP contribution in [0.1, 0.15) is 78.6 Å². The molecule has 11 atom stereocenters. The number of rotatable bonds is 4. The molecule has 0 radical (unpaired) electrons. The number of aliphatic hydroxyl groups is 3. The van der Waals surface area contributed by atoms with Gasteiger partial charge in [-0.05, 0) is 97.7 Å². The van der Waals surface area contributed by atoms with Crippen molar-refractivity contribution >= 4 is 6.29 Å². The molecule has 4 rings (SSSR count). The maximum absolute atomic E-state index is 11.5. The van der Waals surface area contributed by atoms with Gasteiger partial charge in [-0.2, -0.15) is 0 Å². The normalized spacial score (nSPS) is 54.4. The molecule has 0 bridgehead atoms. The topological polar surface area (TPSA) is 77.8 Å². The summed E-state index contributed by atoms with van der Waals surface area (Å²) in [5.41, 5.74) is -0.0194. The summed E-state index contributed by atoms with van der Waals surface area (Å²) in [5.74, 6) is 2.22. The Hall–Kier alpha value is -0.450. The van der Waals surface area contributed by atoms with Crippen molar-refractivity contribution in [1.82, 2.24) is 0 Å². The largest absolute Gasteiger partial charge is 0.393 e. The molecule has 0 heterocycles. The van der Waals surface area contributed by atoms with E-state index in [0.29, 0.717) is 36.0 Å². The summed E-state index contributed by atoms with van der Waals surface area (Å²) < 4.78 is 0. The highest BCUT2D eigenvalue weighted by atomic mass is 16.3. The fourth-order valence-corrected chi connectivity index (χ4v) is 8.66. The lowest BCUT2D eigenvalue weighted by molar-refractivity contribution is -0.207. The SMILES string of the molecule is CC(CCC=O)[C@H]1CCC2C3C(C[C@H](O)[C@@]21C)[C@@]1(C)CC[C@@H](O)C[C@H]1C[C@H]3O. The molecule has 0 aromatic carbocycles. The molecule has 4 fully saturated rings. The molecular formula is C24H40O4. The average molecular weight is 393 g/mol. The van der Waals surface area contributed by atoms with Gasteiger partial charge in [0.15, 0.2) is 0 Å². The number of carbonyl (C=O) groups is 1. The van der Waals surface area contributed by atoms with Crippen molar-refractivity contribution in [3.05, 3.63) is 0 Å². The van der Waals surface area contributed by atoms with E-state index in [2.05, 4.69) is 20.8 Å². The molecule has 0 aromatic heterocycles. The highest BCUT2D eigenvalue weighted by molar-refractivity contribution is 5.49. The second-order valence-corrected chi connectivity index (χ2v) is 11.2. The van der Waals surface area contributed by atoms with E-state index in [0.717, 1.165) is 57.7 Å². The number of aliphatic hydroxyl groups excluding tert-OH is 3. The van der Waals surface area contributed by atoms with Crippen LogP contribution in [0.3, 0.4) is 0 Å². The van der Waals surface area contributed by atoms with Crippen LogP contribution in [0.5, 0.6) is 0 Å². The average Bonchev–Trinajstić information content (AvgIpc) is 3.01. The van der Waals surface area contributed by atoms with Crippen molar-refractivity contribution in [2.75, 3.05) is 0 Å². The van der Waals surface area contributed by atoms with Crippen molar-refractivity contribution in [3.63, 3.8) is 0 Å². The van der Waals surface area contributed by atoms with E-state index >= 15 is 0 Å². The summed E-state index contributed by atoms with van der Waals surface area (Å²) in [6, 6.07) is 0. The second-order valence-electron chi connectivity index (χ2n) is 11.2. The van der Waals surface area contributed by atoms with Crippen LogP contribution in [0.2, 0.25) is 0 Å². The summed E-state index contributed by atoms with van der Waals surface area (Å²) in [7, 11) is 0. The minimum Gasteiger partial charge on any atom is -0.393 e. The van der Waals surface area contributed by atoms with E-state index in [4.69, 9.17) is 0 Å². The fraction of sp³-hybridized carbons (Fsp3) is 0.958. The Morgan fingerprint density at radius 3 is 2.50 bits per heavy atom. The Bertz CT molecular complexity index is 593. The van der Waals surface area contributed by atoms with Crippen molar-refractivity contribution in [2.24, 2.45) is 46.3 Å². The van der Waals surface area contributed by atoms with Crippen LogP contribution in [0.25, 0.3) is 0 Å². The van der Waals surface area contributed by atoms with E-state index in [-0.39, 0.29) is 35.1 Å². The zero-order valence-corrected chi connectivity index (χ0v) is 17.9. The maximum Gasteiger partial charge on any atom is 0.120 e. The van der Waals surface area contributed by atoms with Crippen molar-refractivity contribution < 1.29 is 20.1 Å². The Morgan fingerprint density at radius 1 is 1.04 bits per heavy atom. The predicted molar refractivity (Wildman–Crippen MR) is 108 cm³/mol. The monoisotopic (exact) mass is 392 g/mol. The minimum absolute atomic E-state index is 0.132. The van der Waals surface area contributed by atoms with Crippen LogP contribution in [-0.4, -0.2) is 39.9 Å². The summed E-state index contributed by atoms with van der Waals surface area (Å²) in [4.78, 5) is 10.9. The number of carbonyl (C=O) groups excluding carboxylic acids is 1. The molecule has 0 amide bonds. The lowest BCUT2D eigenvalue weighted by Gasteiger charge is -2.63. The van der Waals surface area contributed by atoms with Crippen LogP contribution in [0, 0.1) is 46.3 Å². The standard InChI is InChI=1S/C24H40O4/c1-14(5-4-10-25)17-6-7-18-22-19(13-21(28)24(17,18)3)23(2)9-8-16(26)11-15(23)12-20(22)27/h10,14-22,26-28H,4-9,11-13H2,1-3H3/t14?,15-,16+,17+,18?,19?,20+,21-,22?,23-,24+/m0/s1. The van der Waals surface area contributed by atoms with Gasteiger partial charge < -0.3 is 20.1 Å². The van der Waals surface area contributed by atoms with Gasteiger partial charge in [0.2, 0.25) is 0 Å². The lowest BCUT2D eigenvalue weighted by atomic mass is 9.43. The van der Waals surface area contributed by atoms with Crippen molar-refractivity contribution in [3.8, 4) is 0 Å². The van der Waals surface area contributed by atoms with E-state index in [9.17, 15) is 20.1 Å². The van der Waals surface area contributed by atoms with Gasteiger partial charge in [-0.25, -0.2) is 0 Å². The van der Waals surface area contributed by atoms with Gasteiger partial charge in [0.1, 0.15) is 6.29 Å². The zero-order valence-electron chi connectivity index (χ0n) is 17.9. The molecule has 160 valence electrons. The third-order valence-corrected chi connectivity index (χ3v) is 10.3. The van der Waals surface area contributed by atoms with Gasteiger partial charge in [-0.3, -0.25) is 0 Å². The van der Waals surface area contributed by atoms with Gasteiger partial charge in [0.25, 0.3) is 0 Å². The summed E-state index contributed by atoms with van der Waals surface area (Å²) >= 11 is 0. The number of hydrogen-bond acceptors (Lipinski definition) is 4. The molecule has 4 saturated carbocycles. The zero-order chi connectivity index (χ0) is 20.3. The first-order valence-electron chi connectivity index (χ1n) is 11.7. The third-order valence-electron chi connectivity index (χ3n) is 10.3. The second kappa shape index (κ2) is 7.35. The molecule has 0 saturated heterocycles. The van der Waals surface area contributed by atoms with E-state index in [1.807, 2.05) is 0 Å². The molecule has 4 unspecified atom stereocenters. The Labute approximate surface area is 170 Å². The fourth-order valence-electron chi connectivity index (χ4n) is 8.66. The van der Waals surface area contributed by atoms with Crippen LogP contribution in [-0.2, 0) is 4.79 Å². The smallest absolute Gasteiger partial charge is 0.120 e. The molecule has 0 aromatic rings. The Morgan fingerprint density at radius 2 is 1.79 bits per heavy atom. The van der Waals surface area contributed by atoms with Crippen LogP contribution in [0.4, 0.5) is 0 Å². The van der Waals surface area contributed by atoms with Crippen molar-refractivity contribution in [2.45, 2.75) is 96.9 Å². The highest BCUT2D eigenvalue weighted by Crippen LogP contribution is 2.68. The molecule has 0 aliphatic heterocycles. The minimum atomic E-state index is -0.334. The van der Waals surface area contributed by atoms with E-state index < -0.39 is 0 Å². The predicted octanol–water partition coefficient (Wildman–Crippen LogP) is 3.56. The Balaban J connectivity index is 1.63. The first-order chi connectivity index (χ1) is 13.2. The summed E-state index contributed by atoms with van der Waals surface area (Å²) in [5, 5.41) is 32.9. The molecule has 0 spiro atoms. The van der Waals surface area contributed by atoms with Crippen LogP contribution < -0.4 is 0 Å². The van der Waals surface area contributed by atoms with Gasteiger partial charge in [-0.15, -0.1) is 0 Å². The molecule has 3 N–H and O–H groups in total. The van der Waals surface area contributed by atoms with E-state index in [1.165, 1.54) is 0 Å². The maximum atomic E-state index is 11.5. The van der Waals surface area contributed by atoms with Gasteiger partial charge in [0.05, 0.1) is 18.3 Å². The molecule has 28 heavy (non-hydrogen) atoms. The van der Waals surface area contributed by atoms with Crippen molar-refractivity contribution in [1.29, 1.82) is 0 Å². The molecular weight excluding hydrogens is 352 g/mol. The lowest BCUT2D eigenvalue weighted by Crippen LogP contribution is -2.62. The van der Waals surface area contributed by atoms with Gasteiger partial charge >= 0.3 is 0 Å². The third kappa shape index (κ3) is 2.93. The molecule has 4 aliphatic carbocycles. The van der Waals surface area contributed by atoms with Gasteiger partial charge in [-0.1, -0.05) is 20.8 Å². The number of aldehydes is 1. The highest BCUT2D eigenvalue weighted by Gasteiger charge is 2.65.